The maximum atomic E-state index is 11.8. The molecule has 0 N–H and O–H groups in total. The highest BCUT2D eigenvalue weighted by atomic mass is 16.1. The summed E-state index contributed by atoms with van der Waals surface area (Å²) < 4.78 is 0. The third kappa shape index (κ3) is 3.50. The second-order valence-corrected chi connectivity index (χ2v) is 4.18. The Labute approximate surface area is 92.5 Å². The number of aryl methyl sites for hydroxylation is 2. The topological polar surface area (TPSA) is 17.1 Å². The van der Waals surface area contributed by atoms with Crippen LogP contribution in [0, 0.1) is 13.8 Å². The van der Waals surface area contributed by atoms with Crippen LogP contribution in [0.1, 0.15) is 54.1 Å². The second-order valence-electron chi connectivity index (χ2n) is 4.18. The average molecular weight is 204 g/mol. The molecular weight excluding hydrogens is 184 g/mol. The van der Waals surface area contributed by atoms with E-state index in [4.69, 9.17) is 0 Å². The highest BCUT2D eigenvalue weighted by Gasteiger charge is 2.05. The van der Waals surface area contributed by atoms with Gasteiger partial charge in [0, 0.05) is 12.0 Å². The van der Waals surface area contributed by atoms with Crippen LogP contribution in [0.25, 0.3) is 0 Å². The Kier molecular flexibility index (Phi) is 4.54. The molecule has 0 amide bonds. The van der Waals surface area contributed by atoms with Gasteiger partial charge >= 0.3 is 0 Å². The normalized spacial score (nSPS) is 10.3. The standard InChI is InChI=1S/C14H20O/c1-4-5-6-7-14(15)13-9-8-11(2)12(3)10-13/h8-10H,4-7H2,1-3H3. The molecule has 0 aliphatic heterocycles. The summed E-state index contributed by atoms with van der Waals surface area (Å²) in [5.41, 5.74) is 3.32. The molecule has 0 aliphatic rings. The first-order valence-electron chi connectivity index (χ1n) is 5.75. The lowest BCUT2D eigenvalue weighted by Crippen LogP contribution is -1.99. The quantitative estimate of drug-likeness (QED) is 0.522. The predicted octanol–water partition coefficient (Wildman–Crippen LogP) is 4.07. The van der Waals surface area contributed by atoms with E-state index in [-0.39, 0.29) is 5.78 Å². The van der Waals surface area contributed by atoms with E-state index in [1.165, 1.54) is 17.5 Å². The Morgan fingerprint density at radius 2 is 1.87 bits per heavy atom. The van der Waals surface area contributed by atoms with Crippen molar-refractivity contribution in [3.8, 4) is 0 Å². The summed E-state index contributed by atoms with van der Waals surface area (Å²) in [4.78, 5) is 11.8. The molecule has 0 saturated heterocycles. The van der Waals surface area contributed by atoms with Gasteiger partial charge in [0.25, 0.3) is 0 Å². The SMILES string of the molecule is CCCCCC(=O)c1ccc(C)c(C)c1. The molecule has 82 valence electrons. The van der Waals surface area contributed by atoms with Gasteiger partial charge in [-0.1, -0.05) is 31.9 Å². The van der Waals surface area contributed by atoms with Gasteiger partial charge in [-0.3, -0.25) is 4.79 Å². The predicted molar refractivity (Wildman–Crippen MR) is 64.4 cm³/mol. The molecule has 0 bridgehead atoms. The first-order chi connectivity index (χ1) is 7.15. The molecule has 1 aromatic carbocycles. The van der Waals surface area contributed by atoms with Gasteiger partial charge in [-0.25, -0.2) is 0 Å². The van der Waals surface area contributed by atoms with Gasteiger partial charge in [-0.05, 0) is 37.5 Å². The molecule has 0 unspecified atom stereocenters. The summed E-state index contributed by atoms with van der Waals surface area (Å²) in [5, 5.41) is 0. The maximum absolute atomic E-state index is 11.8. The number of carbonyl (C=O) groups is 1. The Morgan fingerprint density at radius 3 is 2.47 bits per heavy atom. The van der Waals surface area contributed by atoms with E-state index >= 15 is 0 Å². The molecule has 1 aromatic rings. The smallest absolute Gasteiger partial charge is 0.162 e. The fourth-order valence-corrected chi connectivity index (χ4v) is 1.59. The van der Waals surface area contributed by atoms with Crippen molar-refractivity contribution >= 4 is 5.78 Å². The molecule has 0 spiro atoms. The Morgan fingerprint density at radius 1 is 1.13 bits per heavy atom. The van der Waals surface area contributed by atoms with Crippen molar-refractivity contribution < 1.29 is 4.79 Å². The summed E-state index contributed by atoms with van der Waals surface area (Å²) in [6, 6.07) is 5.97. The monoisotopic (exact) mass is 204 g/mol. The lowest BCUT2D eigenvalue weighted by atomic mass is 10.0. The number of rotatable bonds is 5. The van der Waals surface area contributed by atoms with E-state index in [2.05, 4.69) is 20.8 Å². The number of hydrogen-bond donors (Lipinski definition) is 0. The average Bonchev–Trinajstić information content (AvgIpc) is 2.22. The molecule has 0 aromatic heterocycles. The zero-order valence-corrected chi connectivity index (χ0v) is 9.97. The fraction of sp³-hybridized carbons (Fsp3) is 0.500. The van der Waals surface area contributed by atoms with E-state index in [1.54, 1.807) is 0 Å². The van der Waals surface area contributed by atoms with Crippen molar-refractivity contribution in [3.05, 3.63) is 34.9 Å². The summed E-state index contributed by atoms with van der Waals surface area (Å²) in [6.45, 7) is 6.28. The third-order valence-corrected chi connectivity index (χ3v) is 2.84. The van der Waals surface area contributed by atoms with Crippen LogP contribution in [0.5, 0.6) is 0 Å². The number of hydrogen-bond acceptors (Lipinski definition) is 1. The van der Waals surface area contributed by atoms with Crippen LogP contribution in [0.3, 0.4) is 0 Å². The number of Topliss-reactive ketones (excluding diaryl/α,β-unsaturated/α-hetero) is 1. The van der Waals surface area contributed by atoms with E-state index in [1.807, 2.05) is 18.2 Å². The van der Waals surface area contributed by atoms with Crippen LogP contribution in [0.4, 0.5) is 0 Å². The molecule has 0 saturated carbocycles. The van der Waals surface area contributed by atoms with Crippen molar-refractivity contribution in [2.24, 2.45) is 0 Å². The van der Waals surface area contributed by atoms with Crippen LogP contribution >= 0.6 is 0 Å². The molecule has 15 heavy (non-hydrogen) atoms. The van der Waals surface area contributed by atoms with Gasteiger partial charge in [0.1, 0.15) is 0 Å². The molecule has 0 radical (unpaired) electrons. The van der Waals surface area contributed by atoms with Crippen LogP contribution in [-0.2, 0) is 0 Å². The van der Waals surface area contributed by atoms with Crippen LogP contribution < -0.4 is 0 Å². The summed E-state index contributed by atoms with van der Waals surface area (Å²) in [6.07, 6.45) is 4.02. The molecule has 0 atom stereocenters. The molecule has 1 rings (SSSR count). The largest absolute Gasteiger partial charge is 0.294 e. The van der Waals surface area contributed by atoms with E-state index < -0.39 is 0 Å². The molecule has 0 fully saturated rings. The molecule has 1 nitrogen and oxygen atoms in total. The van der Waals surface area contributed by atoms with Crippen LogP contribution in [0.2, 0.25) is 0 Å². The van der Waals surface area contributed by atoms with Crippen molar-refractivity contribution in [2.75, 3.05) is 0 Å². The number of carbonyl (C=O) groups excluding carboxylic acids is 1. The van der Waals surface area contributed by atoms with Crippen LogP contribution in [-0.4, -0.2) is 5.78 Å². The van der Waals surface area contributed by atoms with Crippen molar-refractivity contribution in [1.82, 2.24) is 0 Å². The van der Waals surface area contributed by atoms with Crippen molar-refractivity contribution in [2.45, 2.75) is 46.5 Å². The Hall–Kier alpha value is -1.11. The summed E-state index contributed by atoms with van der Waals surface area (Å²) in [5.74, 6) is 0.284. The summed E-state index contributed by atoms with van der Waals surface area (Å²) in [7, 11) is 0. The van der Waals surface area contributed by atoms with Gasteiger partial charge in [-0.15, -0.1) is 0 Å². The zero-order valence-electron chi connectivity index (χ0n) is 9.97. The second kappa shape index (κ2) is 5.69. The van der Waals surface area contributed by atoms with Gasteiger partial charge in [0.2, 0.25) is 0 Å². The molecule has 0 heterocycles. The third-order valence-electron chi connectivity index (χ3n) is 2.84. The van der Waals surface area contributed by atoms with Crippen molar-refractivity contribution in [1.29, 1.82) is 0 Å². The molecule has 0 aliphatic carbocycles. The highest BCUT2D eigenvalue weighted by molar-refractivity contribution is 5.96. The fourth-order valence-electron chi connectivity index (χ4n) is 1.59. The van der Waals surface area contributed by atoms with Crippen molar-refractivity contribution in [3.63, 3.8) is 0 Å². The highest BCUT2D eigenvalue weighted by Crippen LogP contribution is 2.13. The first kappa shape index (κ1) is 12.0. The first-order valence-corrected chi connectivity index (χ1v) is 5.75. The Balaban J connectivity index is 2.62. The number of benzene rings is 1. The maximum Gasteiger partial charge on any atom is 0.162 e. The lowest BCUT2D eigenvalue weighted by molar-refractivity contribution is 0.0979. The molecular formula is C14H20O. The Bertz CT molecular complexity index is 339. The molecule has 1 heteroatoms. The van der Waals surface area contributed by atoms with E-state index in [0.29, 0.717) is 6.42 Å². The van der Waals surface area contributed by atoms with Gasteiger partial charge in [0.05, 0.1) is 0 Å². The van der Waals surface area contributed by atoms with Gasteiger partial charge in [0.15, 0.2) is 5.78 Å². The minimum atomic E-state index is 0.284. The summed E-state index contributed by atoms with van der Waals surface area (Å²) >= 11 is 0. The minimum Gasteiger partial charge on any atom is -0.294 e. The van der Waals surface area contributed by atoms with E-state index in [9.17, 15) is 4.79 Å². The van der Waals surface area contributed by atoms with Crippen LogP contribution in [0.15, 0.2) is 18.2 Å². The van der Waals surface area contributed by atoms with Gasteiger partial charge in [-0.2, -0.15) is 0 Å². The van der Waals surface area contributed by atoms with E-state index in [0.717, 1.165) is 18.4 Å². The van der Waals surface area contributed by atoms with Gasteiger partial charge < -0.3 is 0 Å². The number of unbranched alkanes of at least 4 members (excludes halogenated alkanes) is 2. The minimum absolute atomic E-state index is 0.284. The lowest BCUT2D eigenvalue weighted by Gasteiger charge is -2.04. The zero-order chi connectivity index (χ0) is 11.3. The number of ketones is 1.